The molecule has 0 aliphatic heterocycles. The topological polar surface area (TPSA) is 48.1 Å². The summed E-state index contributed by atoms with van der Waals surface area (Å²) < 4.78 is 6.88. The van der Waals surface area contributed by atoms with Crippen molar-refractivity contribution in [1.29, 1.82) is 0 Å². The largest absolute Gasteiger partial charge is 0.439 e. The van der Waals surface area contributed by atoms with Gasteiger partial charge in [0.15, 0.2) is 0 Å². The van der Waals surface area contributed by atoms with E-state index < -0.39 is 0 Å². The molecule has 1 aromatic carbocycles. The summed E-state index contributed by atoms with van der Waals surface area (Å²) >= 11 is 8.37. The highest BCUT2D eigenvalue weighted by Crippen LogP contribution is 2.32. The second-order valence-electron chi connectivity index (χ2n) is 4.69. The van der Waals surface area contributed by atoms with Crippen LogP contribution in [0, 0.1) is 0 Å². The fraction of sp³-hybridized carbons (Fsp3) is 0.200. The van der Waals surface area contributed by atoms with Gasteiger partial charge in [0.2, 0.25) is 5.88 Å². The van der Waals surface area contributed by atoms with Crippen LogP contribution < -0.4 is 10.5 Å². The Labute approximate surface area is 132 Å². The summed E-state index contributed by atoms with van der Waals surface area (Å²) in [6.45, 7) is 4.25. The number of rotatable bonds is 4. The minimum Gasteiger partial charge on any atom is -0.439 e. The number of benzene rings is 1. The highest BCUT2D eigenvalue weighted by atomic mass is 79.9. The van der Waals surface area contributed by atoms with Crippen molar-refractivity contribution in [1.82, 2.24) is 4.98 Å². The van der Waals surface area contributed by atoms with Crippen LogP contribution in [0.4, 0.5) is 0 Å². The summed E-state index contributed by atoms with van der Waals surface area (Å²) in [6, 6.07) is 9.51. The Bertz CT molecular complexity index is 626. The van der Waals surface area contributed by atoms with Gasteiger partial charge < -0.3 is 10.5 Å². The maximum absolute atomic E-state index is 5.84. The number of ether oxygens (including phenoxy) is 1. The predicted molar refractivity (Wildman–Crippen MR) is 88.4 cm³/mol. The SMILES string of the molecule is CC(C)c1cc(Br)ccc1Oc1ccc(C(N)=S)cn1. The van der Waals surface area contributed by atoms with Crippen LogP contribution in [-0.4, -0.2) is 9.97 Å². The third-order valence-electron chi connectivity index (χ3n) is 2.83. The van der Waals surface area contributed by atoms with E-state index in [9.17, 15) is 0 Å². The number of hydrogen-bond donors (Lipinski definition) is 1. The lowest BCUT2D eigenvalue weighted by molar-refractivity contribution is 0.454. The molecule has 20 heavy (non-hydrogen) atoms. The van der Waals surface area contributed by atoms with Gasteiger partial charge in [-0.3, -0.25) is 0 Å². The van der Waals surface area contributed by atoms with Gasteiger partial charge in [-0.1, -0.05) is 42.0 Å². The van der Waals surface area contributed by atoms with Gasteiger partial charge in [-0.05, 0) is 35.7 Å². The van der Waals surface area contributed by atoms with E-state index in [2.05, 4.69) is 40.8 Å². The summed E-state index contributed by atoms with van der Waals surface area (Å²) in [7, 11) is 0. The van der Waals surface area contributed by atoms with Gasteiger partial charge in [0.1, 0.15) is 10.7 Å². The van der Waals surface area contributed by atoms with Gasteiger partial charge >= 0.3 is 0 Å². The van der Waals surface area contributed by atoms with Crippen molar-refractivity contribution >= 4 is 33.1 Å². The fourth-order valence-electron chi connectivity index (χ4n) is 1.76. The standard InChI is InChI=1S/C15H15BrN2OS/c1-9(2)12-7-11(16)4-5-13(12)19-14-6-3-10(8-18-14)15(17)20/h3-9H,1-2H3,(H2,17,20). The van der Waals surface area contributed by atoms with E-state index in [4.69, 9.17) is 22.7 Å². The van der Waals surface area contributed by atoms with Gasteiger partial charge in [-0.25, -0.2) is 4.98 Å². The Balaban J connectivity index is 2.27. The number of nitrogens with two attached hydrogens (primary N) is 1. The second-order valence-corrected chi connectivity index (χ2v) is 6.04. The second kappa shape index (κ2) is 6.33. The van der Waals surface area contributed by atoms with E-state index in [1.165, 1.54) is 0 Å². The summed E-state index contributed by atoms with van der Waals surface area (Å²) in [5.74, 6) is 1.69. The van der Waals surface area contributed by atoms with Crippen molar-refractivity contribution in [2.45, 2.75) is 19.8 Å². The molecule has 3 nitrogen and oxygen atoms in total. The van der Waals surface area contributed by atoms with E-state index in [1.807, 2.05) is 12.1 Å². The van der Waals surface area contributed by atoms with Crippen LogP contribution in [0.25, 0.3) is 0 Å². The average molecular weight is 351 g/mol. The zero-order valence-corrected chi connectivity index (χ0v) is 13.7. The smallest absolute Gasteiger partial charge is 0.219 e. The molecule has 2 N–H and O–H groups in total. The molecule has 0 spiro atoms. The maximum Gasteiger partial charge on any atom is 0.219 e. The highest BCUT2D eigenvalue weighted by Gasteiger charge is 2.10. The first-order valence-electron chi connectivity index (χ1n) is 6.20. The van der Waals surface area contributed by atoms with Crippen molar-refractivity contribution in [2.75, 3.05) is 0 Å². The number of pyridine rings is 1. The lowest BCUT2D eigenvalue weighted by atomic mass is 10.0. The van der Waals surface area contributed by atoms with Gasteiger partial charge in [0, 0.05) is 22.3 Å². The molecule has 1 heterocycles. The minimum absolute atomic E-state index is 0.329. The molecule has 2 aromatic rings. The van der Waals surface area contributed by atoms with E-state index in [-0.39, 0.29) is 0 Å². The van der Waals surface area contributed by atoms with E-state index >= 15 is 0 Å². The molecular weight excluding hydrogens is 336 g/mol. The number of thiocarbonyl (C=S) groups is 1. The van der Waals surface area contributed by atoms with Gasteiger partial charge in [-0.15, -0.1) is 0 Å². The van der Waals surface area contributed by atoms with E-state index in [1.54, 1.807) is 18.3 Å². The first-order valence-corrected chi connectivity index (χ1v) is 7.40. The molecule has 0 saturated heterocycles. The summed E-state index contributed by atoms with van der Waals surface area (Å²) in [6.07, 6.45) is 1.62. The number of aromatic nitrogens is 1. The van der Waals surface area contributed by atoms with Crippen LogP contribution in [0.15, 0.2) is 41.0 Å². The molecule has 104 valence electrons. The van der Waals surface area contributed by atoms with Crippen LogP contribution in [0.5, 0.6) is 11.6 Å². The van der Waals surface area contributed by atoms with Crippen molar-refractivity contribution in [3.63, 3.8) is 0 Å². The Morgan fingerprint density at radius 1 is 1.30 bits per heavy atom. The van der Waals surface area contributed by atoms with E-state index in [0.717, 1.165) is 21.3 Å². The maximum atomic E-state index is 5.84. The molecule has 0 amide bonds. The predicted octanol–water partition coefficient (Wildman–Crippen LogP) is 4.39. The van der Waals surface area contributed by atoms with Crippen molar-refractivity contribution in [2.24, 2.45) is 5.73 Å². The molecule has 1 aromatic heterocycles. The molecule has 5 heteroatoms. The molecular formula is C15H15BrN2OS. The van der Waals surface area contributed by atoms with Crippen LogP contribution in [0.1, 0.15) is 30.9 Å². The Morgan fingerprint density at radius 2 is 2.05 bits per heavy atom. The Hall–Kier alpha value is -1.46. The number of halogens is 1. The van der Waals surface area contributed by atoms with Crippen molar-refractivity contribution in [3.8, 4) is 11.6 Å². The first kappa shape index (κ1) is 14.9. The van der Waals surface area contributed by atoms with Crippen molar-refractivity contribution in [3.05, 3.63) is 52.1 Å². The number of hydrogen-bond acceptors (Lipinski definition) is 3. The van der Waals surface area contributed by atoms with Crippen molar-refractivity contribution < 1.29 is 4.74 Å². The zero-order chi connectivity index (χ0) is 14.7. The molecule has 0 unspecified atom stereocenters. The molecule has 2 rings (SSSR count). The molecule has 0 bridgehead atoms. The summed E-state index contributed by atoms with van der Waals surface area (Å²) in [4.78, 5) is 4.55. The van der Waals surface area contributed by atoms with Crippen LogP contribution >= 0.6 is 28.1 Å². The molecule has 0 saturated carbocycles. The number of nitrogens with zero attached hydrogens (tertiary/aromatic N) is 1. The van der Waals surface area contributed by atoms with Gasteiger partial charge in [-0.2, -0.15) is 0 Å². The Morgan fingerprint density at radius 3 is 2.60 bits per heavy atom. The summed E-state index contributed by atoms with van der Waals surface area (Å²) in [5.41, 5.74) is 7.40. The monoisotopic (exact) mass is 350 g/mol. The normalized spacial score (nSPS) is 10.6. The van der Waals surface area contributed by atoms with Crippen LogP contribution in [-0.2, 0) is 0 Å². The Kier molecular flexibility index (Phi) is 4.73. The first-order chi connectivity index (χ1) is 9.47. The van der Waals surface area contributed by atoms with Crippen LogP contribution in [0.2, 0.25) is 0 Å². The zero-order valence-electron chi connectivity index (χ0n) is 11.3. The molecule has 0 radical (unpaired) electrons. The molecule has 0 atom stereocenters. The lowest BCUT2D eigenvalue weighted by Crippen LogP contribution is -2.09. The van der Waals surface area contributed by atoms with Crippen LogP contribution in [0.3, 0.4) is 0 Å². The fourth-order valence-corrected chi connectivity index (χ4v) is 2.26. The third-order valence-corrected chi connectivity index (χ3v) is 3.56. The van der Waals surface area contributed by atoms with Gasteiger partial charge in [0.05, 0.1) is 0 Å². The quantitative estimate of drug-likeness (QED) is 0.830. The third kappa shape index (κ3) is 3.55. The minimum atomic E-state index is 0.329. The lowest BCUT2D eigenvalue weighted by Gasteiger charge is -2.13. The highest BCUT2D eigenvalue weighted by molar-refractivity contribution is 9.10. The average Bonchev–Trinajstić information content (AvgIpc) is 2.41. The van der Waals surface area contributed by atoms with E-state index in [0.29, 0.717) is 16.8 Å². The van der Waals surface area contributed by atoms with Gasteiger partial charge in [0.25, 0.3) is 0 Å². The molecule has 0 fully saturated rings. The summed E-state index contributed by atoms with van der Waals surface area (Å²) in [5, 5.41) is 0. The molecule has 0 aliphatic rings. The molecule has 0 aliphatic carbocycles.